The van der Waals surface area contributed by atoms with Gasteiger partial charge in [-0.25, -0.2) is 9.37 Å². The Labute approximate surface area is 99.5 Å². The van der Waals surface area contributed by atoms with Gasteiger partial charge in [0.05, 0.1) is 0 Å². The number of halogens is 3. The van der Waals surface area contributed by atoms with Gasteiger partial charge in [-0.2, -0.15) is 8.78 Å². The molecule has 0 spiro atoms. The zero-order valence-corrected chi connectivity index (χ0v) is 9.44. The fraction of sp³-hybridized carbons (Fsp3) is 0.182. The summed E-state index contributed by atoms with van der Waals surface area (Å²) in [5, 5.41) is 0.360. The van der Waals surface area contributed by atoms with Crippen LogP contribution in [0.1, 0.15) is 6.42 Å². The van der Waals surface area contributed by atoms with Crippen LogP contribution in [0.5, 0.6) is 0 Å². The first kappa shape index (κ1) is 12.0. The third-order valence-corrected chi connectivity index (χ3v) is 2.83. The van der Waals surface area contributed by atoms with Gasteiger partial charge in [-0.3, -0.25) is 0 Å². The summed E-state index contributed by atoms with van der Waals surface area (Å²) in [5.74, 6) is 0.0414. The van der Waals surface area contributed by atoms with Gasteiger partial charge in [0.2, 0.25) is 0 Å². The van der Waals surface area contributed by atoms with E-state index in [0.717, 1.165) is 6.08 Å². The summed E-state index contributed by atoms with van der Waals surface area (Å²) in [7, 11) is 0. The zero-order chi connectivity index (χ0) is 12.3. The van der Waals surface area contributed by atoms with E-state index < -0.39 is 11.9 Å². The minimum absolute atomic E-state index is 0.236. The highest BCUT2D eigenvalue weighted by Crippen LogP contribution is 2.24. The van der Waals surface area contributed by atoms with Gasteiger partial charge in [-0.1, -0.05) is 11.8 Å². The van der Waals surface area contributed by atoms with E-state index in [-0.39, 0.29) is 6.42 Å². The van der Waals surface area contributed by atoms with E-state index in [1.165, 1.54) is 30.0 Å². The number of aromatic nitrogens is 1. The lowest BCUT2D eigenvalue weighted by molar-refractivity contribution is 0.418. The molecular weight excluding hydrogens is 251 g/mol. The molecule has 0 unspecified atom stereocenters. The monoisotopic (exact) mass is 259 g/mol. The highest BCUT2D eigenvalue weighted by molar-refractivity contribution is 7.99. The van der Waals surface area contributed by atoms with Crippen LogP contribution in [0.2, 0.25) is 0 Å². The van der Waals surface area contributed by atoms with Crippen molar-refractivity contribution in [1.82, 2.24) is 4.98 Å². The van der Waals surface area contributed by atoms with E-state index in [4.69, 9.17) is 4.42 Å². The van der Waals surface area contributed by atoms with E-state index in [0.29, 0.717) is 22.1 Å². The van der Waals surface area contributed by atoms with Crippen molar-refractivity contribution in [2.24, 2.45) is 0 Å². The lowest BCUT2D eigenvalue weighted by atomic mass is 10.3. The molecule has 0 radical (unpaired) electrons. The molecule has 0 atom stereocenters. The molecule has 0 aliphatic heterocycles. The maximum atomic E-state index is 12.9. The Morgan fingerprint density at radius 2 is 2.24 bits per heavy atom. The largest absolute Gasteiger partial charge is 0.431 e. The first-order chi connectivity index (χ1) is 8.15. The van der Waals surface area contributed by atoms with E-state index >= 15 is 0 Å². The Morgan fingerprint density at radius 3 is 3.00 bits per heavy atom. The minimum atomic E-state index is -1.69. The van der Waals surface area contributed by atoms with Gasteiger partial charge in [-0.05, 0) is 24.6 Å². The van der Waals surface area contributed by atoms with Gasteiger partial charge in [0.1, 0.15) is 11.3 Å². The highest BCUT2D eigenvalue weighted by Gasteiger charge is 2.06. The van der Waals surface area contributed by atoms with Crippen LogP contribution >= 0.6 is 11.8 Å². The summed E-state index contributed by atoms with van der Waals surface area (Å²) in [6.45, 7) is 0. The molecule has 0 saturated heterocycles. The lowest BCUT2D eigenvalue weighted by Crippen LogP contribution is -1.76. The van der Waals surface area contributed by atoms with Gasteiger partial charge < -0.3 is 4.42 Å². The molecule has 2 nitrogen and oxygen atoms in total. The molecule has 0 fully saturated rings. The number of hydrogen-bond acceptors (Lipinski definition) is 3. The standard InChI is InChI=1S/C11H8F3NOS/c12-7-3-4-8-9(6-7)16-11(15-8)17-5-1-2-10(13)14/h2-4,6H,1,5H2. The first-order valence-corrected chi connectivity index (χ1v) is 5.84. The number of thioether (sulfide) groups is 1. The molecule has 2 rings (SSSR count). The number of allylic oxidation sites excluding steroid dienone is 1. The van der Waals surface area contributed by atoms with Crippen LogP contribution in [-0.2, 0) is 0 Å². The quantitative estimate of drug-likeness (QED) is 0.607. The molecule has 1 aromatic heterocycles. The third-order valence-electron chi connectivity index (χ3n) is 1.97. The van der Waals surface area contributed by atoms with Crippen LogP contribution in [-0.4, -0.2) is 10.7 Å². The van der Waals surface area contributed by atoms with Gasteiger partial charge >= 0.3 is 0 Å². The van der Waals surface area contributed by atoms with E-state index in [1.807, 2.05) is 0 Å². The number of benzene rings is 1. The van der Waals surface area contributed by atoms with E-state index in [2.05, 4.69) is 4.98 Å². The predicted octanol–water partition coefficient (Wildman–Crippen LogP) is 4.23. The Kier molecular flexibility index (Phi) is 3.73. The van der Waals surface area contributed by atoms with Crippen molar-refractivity contribution in [3.05, 3.63) is 36.2 Å². The number of fused-ring (bicyclic) bond motifs is 1. The summed E-state index contributed by atoms with van der Waals surface area (Å²) in [6, 6.07) is 4.05. The van der Waals surface area contributed by atoms with E-state index in [1.54, 1.807) is 0 Å². The Hall–Kier alpha value is -1.43. The number of nitrogens with zero attached hydrogens (tertiary/aromatic N) is 1. The van der Waals surface area contributed by atoms with Crippen molar-refractivity contribution in [3.8, 4) is 0 Å². The zero-order valence-electron chi connectivity index (χ0n) is 8.62. The summed E-state index contributed by atoms with van der Waals surface area (Å²) in [4.78, 5) is 4.09. The molecule has 6 heteroatoms. The maximum absolute atomic E-state index is 12.9. The third kappa shape index (κ3) is 3.26. The Morgan fingerprint density at radius 1 is 1.41 bits per heavy atom. The molecule has 1 aromatic carbocycles. The van der Waals surface area contributed by atoms with Gasteiger partial charge in [0.15, 0.2) is 5.58 Å². The second kappa shape index (κ2) is 5.27. The van der Waals surface area contributed by atoms with Crippen LogP contribution in [0.15, 0.2) is 40.0 Å². The Balaban J connectivity index is 2.02. The molecule has 17 heavy (non-hydrogen) atoms. The summed E-state index contributed by atoms with van der Waals surface area (Å²) in [5.41, 5.74) is 0.917. The molecule has 0 saturated carbocycles. The summed E-state index contributed by atoms with van der Waals surface area (Å²) in [6.07, 6.45) is -0.611. The summed E-state index contributed by atoms with van der Waals surface area (Å²) < 4.78 is 41.6. The van der Waals surface area contributed by atoms with E-state index in [9.17, 15) is 13.2 Å². The molecule has 2 aromatic rings. The van der Waals surface area contributed by atoms with Crippen LogP contribution in [0.25, 0.3) is 11.1 Å². The van der Waals surface area contributed by atoms with Gasteiger partial charge in [0.25, 0.3) is 11.3 Å². The molecule has 0 N–H and O–H groups in total. The highest BCUT2D eigenvalue weighted by atomic mass is 32.2. The van der Waals surface area contributed by atoms with Gasteiger partial charge in [0, 0.05) is 11.8 Å². The normalized spacial score (nSPS) is 10.8. The molecule has 90 valence electrons. The number of oxazole rings is 1. The number of rotatable bonds is 4. The first-order valence-electron chi connectivity index (χ1n) is 4.85. The fourth-order valence-electron chi connectivity index (χ4n) is 1.25. The molecule has 0 amide bonds. The fourth-order valence-corrected chi connectivity index (χ4v) is 1.98. The molecule has 0 bridgehead atoms. The second-order valence-corrected chi connectivity index (χ2v) is 4.27. The van der Waals surface area contributed by atoms with Crippen molar-refractivity contribution in [2.45, 2.75) is 11.6 Å². The summed E-state index contributed by atoms with van der Waals surface area (Å²) >= 11 is 1.22. The van der Waals surface area contributed by atoms with Crippen molar-refractivity contribution in [1.29, 1.82) is 0 Å². The van der Waals surface area contributed by atoms with Crippen molar-refractivity contribution >= 4 is 22.9 Å². The second-order valence-electron chi connectivity index (χ2n) is 3.22. The van der Waals surface area contributed by atoms with Crippen molar-refractivity contribution in [3.63, 3.8) is 0 Å². The molecule has 0 aliphatic carbocycles. The SMILES string of the molecule is FC(F)=CCCSc1nc2ccc(F)cc2o1. The average Bonchev–Trinajstić information content (AvgIpc) is 2.66. The molecule has 1 heterocycles. The van der Waals surface area contributed by atoms with Crippen LogP contribution in [0.3, 0.4) is 0 Å². The predicted molar refractivity (Wildman–Crippen MR) is 59.6 cm³/mol. The average molecular weight is 259 g/mol. The van der Waals surface area contributed by atoms with Crippen molar-refractivity contribution in [2.75, 3.05) is 5.75 Å². The molecule has 0 aliphatic rings. The van der Waals surface area contributed by atoms with Crippen molar-refractivity contribution < 1.29 is 17.6 Å². The van der Waals surface area contributed by atoms with Crippen LogP contribution < -0.4 is 0 Å². The Bertz CT molecular complexity index is 549. The molecular formula is C11H8F3NOS. The van der Waals surface area contributed by atoms with Crippen LogP contribution in [0, 0.1) is 5.82 Å². The van der Waals surface area contributed by atoms with Crippen LogP contribution in [0.4, 0.5) is 13.2 Å². The topological polar surface area (TPSA) is 26.0 Å². The number of hydrogen-bond donors (Lipinski definition) is 0. The maximum Gasteiger partial charge on any atom is 0.266 e. The lowest BCUT2D eigenvalue weighted by Gasteiger charge is -1.90. The van der Waals surface area contributed by atoms with Gasteiger partial charge in [-0.15, -0.1) is 0 Å². The minimum Gasteiger partial charge on any atom is -0.431 e. The smallest absolute Gasteiger partial charge is 0.266 e.